The van der Waals surface area contributed by atoms with Crippen molar-refractivity contribution in [2.75, 3.05) is 7.11 Å². The average Bonchev–Trinajstić information content (AvgIpc) is 2.69. The second-order valence-electron chi connectivity index (χ2n) is 5.70. The zero-order valence-corrected chi connectivity index (χ0v) is 15.7. The number of benzene rings is 1. The fraction of sp³-hybridized carbons (Fsp3) is 0.111. The maximum atomic E-state index is 12.5. The van der Waals surface area contributed by atoms with E-state index in [4.69, 9.17) is 4.74 Å². The van der Waals surface area contributed by atoms with E-state index in [1.165, 1.54) is 20.1 Å². The summed E-state index contributed by atoms with van der Waals surface area (Å²) in [6.45, 7) is 1.48. The summed E-state index contributed by atoms with van der Waals surface area (Å²) in [4.78, 5) is 44.5. The molecule has 0 saturated heterocycles. The van der Waals surface area contributed by atoms with Gasteiger partial charge in [0.05, 0.1) is 12.7 Å². The summed E-state index contributed by atoms with van der Waals surface area (Å²) in [6.07, 6.45) is 0. The number of carbonyl (C=O) groups excluding carboxylic acids is 1. The van der Waals surface area contributed by atoms with Crippen molar-refractivity contribution in [3.8, 4) is 23.3 Å². The molecule has 140 valence electrons. The molecule has 0 amide bonds. The number of aryl methyl sites for hydroxylation is 1. The number of rotatable bonds is 3. The Morgan fingerprint density at radius 2 is 2.04 bits per heavy atom. The number of ether oxygens (including phenoxy) is 1. The molecule has 1 aromatic carbocycles. The average molecular weight is 395 g/mol. The van der Waals surface area contributed by atoms with Gasteiger partial charge in [0.1, 0.15) is 16.7 Å². The van der Waals surface area contributed by atoms with Crippen LogP contribution < -0.4 is 11.1 Å². The fourth-order valence-electron chi connectivity index (χ4n) is 2.51. The molecule has 3 aromatic rings. The molecular weight excluding hydrogens is 382 g/mol. The van der Waals surface area contributed by atoms with Gasteiger partial charge in [0.15, 0.2) is 11.6 Å². The number of carbonyl (C=O) groups is 1. The molecule has 0 fully saturated rings. The molecule has 10 heteroatoms. The van der Waals surface area contributed by atoms with E-state index in [1.54, 1.807) is 18.2 Å². The number of methoxy groups -OCH3 is 1. The number of nitrogens with one attached hydrogen (secondary N) is 1. The van der Waals surface area contributed by atoms with Gasteiger partial charge in [-0.1, -0.05) is 12.1 Å². The Hall–Kier alpha value is -3.71. The number of nitriles is 1. The van der Waals surface area contributed by atoms with Crippen molar-refractivity contribution in [3.63, 3.8) is 0 Å². The Morgan fingerprint density at radius 1 is 1.29 bits per heavy atom. The van der Waals surface area contributed by atoms with Crippen LogP contribution in [0.5, 0.6) is 0 Å². The Morgan fingerprint density at radius 3 is 2.71 bits per heavy atom. The summed E-state index contributed by atoms with van der Waals surface area (Å²) in [5, 5.41) is 11.8. The van der Waals surface area contributed by atoms with Gasteiger partial charge >= 0.3 is 5.97 Å². The molecule has 0 spiro atoms. The fourth-order valence-corrected chi connectivity index (χ4v) is 2.75. The summed E-state index contributed by atoms with van der Waals surface area (Å²) in [5.41, 5.74) is -0.268. The number of H-pyrrole nitrogens is 1. The van der Waals surface area contributed by atoms with Crippen molar-refractivity contribution in [1.82, 2.24) is 19.7 Å². The molecule has 0 aliphatic heterocycles. The molecule has 0 atom stereocenters. The van der Waals surface area contributed by atoms with Crippen molar-refractivity contribution in [2.24, 2.45) is 0 Å². The van der Waals surface area contributed by atoms with Crippen LogP contribution in [0.1, 0.15) is 21.5 Å². The van der Waals surface area contributed by atoms with Gasteiger partial charge in [0.2, 0.25) is 0 Å². The van der Waals surface area contributed by atoms with Crippen LogP contribution in [0, 0.1) is 18.3 Å². The molecule has 1 N–H and O–H groups in total. The first-order valence-corrected chi connectivity index (χ1v) is 8.33. The third-order valence-electron chi connectivity index (χ3n) is 3.85. The van der Waals surface area contributed by atoms with Crippen LogP contribution in [0.4, 0.5) is 0 Å². The van der Waals surface area contributed by atoms with E-state index in [9.17, 15) is 19.6 Å². The molecule has 0 unspecified atom stereocenters. The topological polar surface area (TPSA) is 131 Å². The van der Waals surface area contributed by atoms with Crippen LogP contribution in [0.15, 0.2) is 44.9 Å². The highest BCUT2D eigenvalue weighted by Gasteiger charge is 2.18. The maximum absolute atomic E-state index is 12.5. The number of thiol groups is 1. The summed E-state index contributed by atoms with van der Waals surface area (Å²) < 4.78 is 5.58. The Bertz CT molecular complexity index is 1260. The van der Waals surface area contributed by atoms with E-state index < -0.39 is 17.1 Å². The van der Waals surface area contributed by atoms with Gasteiger partial charge in [-0.25, -0.2) is 14.8 Å². The first-order chi connectivity index (χ1) is 13.3. The van der Waals surface area contributed by atoms with Gasteiger partial charge in [0, 0.05) is 17.2 Å². The van der Waals surface area contributed by atoms with Gasteiger partial charge < -0.3 is 4.74 Å². The lowest BCUT2D eigenvalue weighted by molar-refractivity contribution is 0.0601. The molecule has 9 nitrogen and oxygen atoms in total. The summed E-state index contributed by atoms with van der Waals surface area (Å²) in [6, 6.07) is 9.36. The third kappa shape index (κ3) is 3.43. The van der Waals surface area contributed by atoms with Crippen LogP contribution in [-0.4, -0.2) is 32.8 Å². The van der Waals surface area contributed by atoms with E-state index in [0.29, 0.717) is 5.56 Å². The van der Waals surface area contributed by atoms with Crippen molar-refractivity contribution < 1.29 is 9.53 Å². The highest BCUT2D eigenvalue weighted by molar-refractivity contribution is 7.80. The van der Waals surface area contributed by atoms with Crippen molar-refractivity contribution in [1.29, 1.82) is 5.26 Å². The lowest BCUT2D eigenvalue weighted by Gasteiger charge is -2.11. The number of nitrogens with zero attached hydrogens (tertiary/aromatic N) is 4. The molecule has 28 heavy (non-hydrogen) atoms. The Kier molecular flexibility index (Phi) is 5.10. The molecule has 0 saturated carbocycles. The summed E-state index contributed by atoms with van der Waals surface area (Å²) in [5.74, 6) is -0.549. The van der Waals surface area contributed by atoms with Crippen LogP contribution in [-0.2, 0) is 4.74 Å². The highest BCUT2D eigenvalue weighted by Crippen LogP contribution is 2.23. The predicted octanol–water partition coefficient (Wildman–Crippen LogP) is 1.24. The van der Waals surface area contributed by atoms with Crippen LogP contribution >= 0.6 is 12.6 Å². The molecule has 2 aromatic heterocycles. The van der Waals surface area contributed by atoms with Gasteiger partial charge in [-0.2, -0.15) is 9.94 Å². The largest absolute Gasteiger partial charge is 0.465 e. The number of esters is 1. The van der Waals surface area contributed by atoms with E-state index in [1.807, 2.05) is 6.07 Å². The Balaban J connectivity index is 2.29. The van der Waals surface area contributed by atoms with E-state index in [0.717, 1.165) is 10.7 Å². The molecule has 0 radical (unpaired) electrons. The van der Waals surface area contributed by atoms with E-state index in [-0.39, 0.29) is 33.4 Å². The molecule has 2 heterocycles. The first-order valence-electron chi connectivity index (χ1n) is 7.89. The molecular formula is C18H13N5O4S. The summed E-state index contributed by atoms with van der Waals surface area (Å²) >= 11 is 4.22. The van der Waals surface area contributed by atoms with Crippen LogP contribution in [0.3, 0.4) is 0 Å². The number of aromatic nitrogens is 4. The monoisotopic (exact) mass is 395 g/mol. The molecule has 0 aliphatic carbocycles. The highest BCUT2D eigenvalue weighted by atomic mass is 32.1. The lowest BCUT2D eigenvalue weighted by Crippen LogP contribution is -2.31. The molecule has 0 aliphatic rings. The first kappa shape index (κ1) is 19.1. The van der Waals surface area contributed by atoms with Gasteiger partial charge in [-0.3, -0.25) is 14.7 Å². The minimum absolute atomic E-state index is 0.0141. The normalized spacial score (nSPS) is 10.4. The van der Waals surface area contributed by atoms with E-state index in [2.05, 4.69) is 27.7 Å². The van der Waals surface area contributed by atoms with E-state index >= 15 is 0 Å². The molecule has 0 bridgehead atoms. The second-order valence-corrected chi connectivity index (χ2v) is 6.12. The quantitative estimate of drug-likeness (QED) is 0.387. The van der Waals surface area contributed by atoms with Gasteiger partial charge in [-0.05, 0) is 19.1 Å². The molecule has 3 rings (SSSR count). The maximum Gasteiger partial charge on any atom is 0.337 e. The smallest absolute Gasteiger partial charge is 0.337 e. The zero-order chi connectivity index (χ0) is 20.4. The van der Waals surface area contributed by atoms with Crippen molar-refractivity contribution >= 4 is 18.6 Å². The summed E-state index contributed by atoms with van der Waals surface area (Å²) in [7, 11) is 1.26. The number of hydrogen-bond donors (Lipinski definition) is 2. The van der Waals surface area contributed by atoms with Crippen molar-refractivity contribution in [3.05, 3.63) is 67.7 Å². The van der Waals surface area contributed by atoms with Crippen LogP contribution in [0.2, 0.25) is 0 Å². The lowest BCUT2D eigenvalue weighted by atomic mass is 10.1. The Labute approximate surface area is 163 Å². The van der Waals surface area contributed by atoms with Crippen LogP contribution in [0.25, 0.3) is 17.2 Å². The number of hydrogen-bond acceptors (Lipinski definition) is 8. The predicted molar refractivity (Wildman–Crippen MR) is 102 cm³/mol. The minimum Gasteiger partial charge on any atom is -0.465 e. The SMILES string of the molecule is COC(=O)c1cccc(-c2nc(S)c(C#N)c(-n3[nH]c(=O)cc(C)c3=O)n2)c1. The third-order valence-corrected chi connectivity index (χ3v) is 4.17. The second kappa shape index (κ2) is 7.50. The van der Waals surface area contributed by atoms with Crippen molar-refractivity contribution in [2.45, 2.75) is 11.9 Å². The number of aromatic amines is 1. The zero-order valence-electron chi connectivity index (χ0n) is 14.8. The minimum atomic E-state index is -0.545. The van der Waals surface area contributed by atoms with Gasteiger partial charge in [0.25, 0.3) is 11.1 Å². The van der Waals surface area contributed by atoms with Gasteiger partial charge in [-0.15, -0.1) is 12.6 Å². The standard InChI is InChI=1S/C18H13N5O4S/c1-9-6-13(24)22-23(17(9)25)15-12(8-19)16(28)21-14(20-15)10-4-3-5-11(7-10)18(26)27-2/h3-7H,1-2H3,(H,22,24)(H,20,21,28).